The number of nitrogens with one attached hydrogen (secondary N) is 2. The number of nitrogens with zero attached hydrogens (tertiary/aromatic N) is 1. The minimum atomic E-state index is -0.806. The fourth-order valence-corrected chi connectivity index (χ4v) is 4.55. The Morgan fingerprint density at radius 1 is 1.40 bits per heavy atom. The molecule has 6 nitrogen and oxygen atoms in total. The van der Waals surface area contributed by atoms with Crippen molar-refractivity contribution >= 4 is 44.4 Å². The summed E-state index contributed by atoms with van der Waals surface area (Å²) >= 11 is 4.59. The fourth-order valence-electron chi connectivity index (χ4n) is 3.45. The molecule has 2 fully saturated rings. The van der Waals surface area contributed by atoms with Gasteiger partial charge in [-0.25, -0.2) is 9.78 Å². The Labute approximate surface area is 128 Å². The van der Waals surface area contributed by atoms with Crippen molar-refractivity contribution in [3.63, 3.8) is 0 Å². The Morgan fingerprint density at radius 2 is 2.15 bits per heavy atom. The van der Waals surface area contributed by atoms with E-state index in [9.17, 15) is 14.7 Å². The Kier molecular flexibility index (Phi) is 3.68. The zero-order valence-electron chi connectivity index (χ0n) is 10.5. The van der Waals surface area contributed by atoms with Crippen LogP contribution in [0.5, 0.6) is 0 Å². The molecule has 3 N–H and O–H groups in total. The first-order valence-corrected chi connectivity index (χ1v) is 8.07. The highest BCUT2D eigenvalue weighted by atomic mass is 79.9. The Balaban J connectivity index is 1.64. The molecule has 0 aromatic carbocycles. The molecule has 2 amide bonds. The van der Waals surface area contributed by atoms with E-state index in [0.29, 0.717) is 5.13 Å². The third kappa shape index (κ3) is 2.54. The van der Waals surface area contributed by atoms with Gasteiger partial charge < -0.3 is 10.4 Å². The topological polar surface area (TPSA) is 91.3 Å². The average molecular weight is 360 g/mol. The molecule has 2 aliphatic rings. The zero-order chi connectivity index (χ0) is 14.3. The van der Waals surface area contributed by atoms with Gasteiger partial charge in [0, 0.05) is 6.04 Å². The Morgan fingerprint density at radius 3 is 2.80 bits per heavy atom. The first kappa shape index (κ1) is 13.8. The fraction of sp³-hybridized carbons (Fsp3) is 0.583. The lowest BCUT2D eigenvalue weighted by Crippen LogP contribution is -2.48. The van der Waals surface area contributed by atoms with Gasteiger partial charge in [0.2, 0.25) is 0 Å². The van der Waals surface area contributed by atoms with Crippen LogP contribution >= 0.6 is 27.3 Å². The maximum absolute atomic E-state index is 12.0. The number of aliphatic carboxylic acids is 1. The molecular weight excluding hydrogens is 346 g/mol. The molecule has 8 heteroatoms. The second kappa shape index (κ2) is 5.33. The Bertz CT molecular complexity index is 550. The normalized spacial score (nSPS) is 31.2. The third-order valence-corrected chi connectivity index (χ3v) is 5.59. The van der Waals surface area contributed by atoms with Gasteiger partial charge in [0.25, 0.3) is 0 Å². The summed E-state index contributed by atoms with van der Waals surface area (Å²) in [6.45, 7) is 0. The number of carbonyl (C=O) groups is 2. The van der Waals surface area contributed by atoms with Gasteiger partial charge in [0.1, 0.15) is 0 Å². The molecule has 2 bridgehead atoms. The number of fused-ring (bicyclic) bond motifs is 2. The van der Waals surface area contributed by atoms with E-state index in [1.54, 1.807) is 6.20 Å². The summed E-state index contributed by atoms with van der Waals surface area (Å²) < 4.78 is 0.830. The van der Waals surface area contributed by atoms with Crippen molar-refractivity contribution in [3.8, 4) is 0 Å². The lowest BCUT2D eigenvalue weighted by Gasteiger charge is -2.28. The lowest BCUT2D eigenvalue weighted by atomic mass is 9.84. The summed E-state index contributed by atoms with van der Waals surface area (Å²) in [5, 5.41) is 15.3. The van der Waals surface area contributed by atoms with Crippen molar-refractivity contribution in [3.05, 3.63) is 9.98 Å². The predicted molar refractivity (Wildman–Crippen MR) is 77.7 cm³/mol. The molecule has 4 atom stereocenters. The highest BCUT2D eigenvalue weighted by molar-refractivity contribution is 9.11. The zero-order valence-corrected chi connectivity index (χ0v) is 12.9. The lowest BCUT2D eigenvalue weighted by molar-refractivity contribution is -0.144. The van der Waals surface area contributed by atoms with Crippen LogP contribution in [-0.2, 0) is 4.79 Å². The maximum atomic E-state index is 12.0. The number of halogens is 1. The van der Waals surface area contributed by atoms with Crippen LogP contribution in [0.15, 0.2) is 9.98 Å². The number of hydrogen-bond acceptors (Lipinski definition) is 4. The van der Waals surface area contributed by atoms with E-state index < -0.39 is 11.9 Å². The second-order valence-electron chi connectivity index (χ2n) is 5.29. The van der Waals surface area contributed by atoms with E-state index in [0.717, 1.165) is 23.0 Å². The van der Waals surface area contributed by atoms with Crippen LogP contribution in [0.4, 0.5) is 9.93 Å². The van der Waals surface area contributed by atoms with Crippen molar-refractivity contribution in [2.75, 3.05) is 5.32 Å². The van der Waals surface area contributed by atoms with Crippen molar-refractivity contribution in [2.45, 2.75) is 25.3 Å². The minimum Gasteiger partial charge on any atom is -0.481 e. The number of carbonyl (C=O) groups excluding carboxylic acids is 1. The predicted octanol–water partition coefficient (Wildman–Crippen LogP) is 2.53. The molecule has 2 aliphatic carbocycles. The van der Waals surface area contributed by atoms with Crippen molar-refractivity contribution < 1.29 is 14.7 Å². The molecule has 1 aromatic rings. The van der Waals surface area contributed by atoms with Crippen LogP contribution in [0.25, 0.3) is 0 Å². The van der Waals surface area contributed by atoms with Gasteiger partial charge in [-0.1, -0.05) is 11.3 Å². The SMILES string of the molecule is O=C(Nc1ncc(Br)s1)NC1C2CCC(C2)C1C(=O)O. The molecule has 0 spiro atoms. The van der Waals surface area contributed by atoms with Gasteiger partial charge in [0.05, 0.1) is 15.9 Å². The highest BCUT2D eigenvalue weighted by Crippen LogP contribution is 2.48. The van der Waals surface area contributed by atoms with Crippen molar-refractivity contribution in [2.24, 2.45) is 17.8 Å². The third-order valence-electron chi connectivity index (χ3n) is 4.20. The summed E-state index contributed by atoms with van der Waals surface area (Å²) in [6, 6.07) is -0.648. The second-order valence-corrected chi connectivity index (χ2v) is 7.70. The average Bonchev–Trinajstić information content (AvgIpc) is 3.04. The van der Waals surface area contributed by atoms with Crippen molar-refractivity contribution in [1.82, 2.24) is 10.3 Å². The molecule has 20 heavy (non-hydrogen) atoms. The number of carboxylic acid groups (broad SMARTS) is 1. The summed E-state index contributed by atoms with van der Waals surface area (Å²) in [6.07, 6.45) is 4.48. The van der Waals surface area contributed by atoms with Gasteiger partial charge >= 0.3 is 12.0 Å². The van der Waals surface area contributed by atoms with E-state index in [1.807, 2.05) is 0 Å². The van der Waals surface area contributed by atoms with Crippen LogP contribution in [0.1, 0.15) is 19.3 Å². The number of aromatic nitrogens is 1. The van der Waals surface area contributed by atoms with E-state index in [-0.39, 0.29) is 23.9 Å². The van der Waals surface area contributed by atoms with Crippen LogP contribution in [0.3, 0.4) is 0 Å². The standard InChI is InChI=1S/C12H14BrN3O3S/c13-7-4-14-12(20-7)16-11(19)15-9-6-2-1-5(3-6)8(9)10(17)18/h4-6,8-9H,1-3H2,(H,17,18)(H2,14,15,16,19). The van der Waals surface area contributed by atoms with Crippen LogP contribution in [-0.4, -0.2) is 28.1 Å². The van der Waals surface area contributed by atoms with Crippen LogP contribution in [0.2, 0.25) is 0 Å². The molecule has 4 unspecified atom stereocenters. The molecule has 0 aliphatic heterocycles. The number of anilines is 1. The number of thiazole rings is 1. The molecular formula is C12H14BrN3O3S. The summed E-state index contributed by atoms with van der Waals surface area (Å²) in [4.78, 5) is 27.3. The largest absolute Gasteiger partial charge is 0.481 e. The summed E-state index contributed by atoms with van der Waals surface area (Å²) in [7, 11) is 0. The molecule has 0 saturated heterocycles. The van der Waals surface area contributed by atoms with Crippen molar-refractivity contribution in [1.29, 1.82) is 0 Å². The molecule has 1 heterocycles. The highest BCUT2D eigenvalue weighted by Gasteiger charge is 2.51. The summed E-state index contributed by atoms with van der Waals surface area (Å²) in [5.41, 5.74) is 0. The van der Waals surface area contributed by atoms with Gasteiger partial charge in [-0.3, -0.25) is 10.1 Å². The number of carboxylic acids is 1. The van der Waals surface area contributed by atoms with E-state index >= 15 is 0 Å². The molecule has 3 rings (SSSR count). The number of hydrogen-bond donors (Lipinski definition) is 3. The molecule has 108 valence electrons. The quantitative estimate of drug-likeness (QED) is 0.773. The molecule has 0 radical (unpaired) electrons. The maximum Gasteiger partial charge on any atom is 0.321 e. The Hall–Kier alpha value is -1.15. The van der Waals surface area contributed by atoms with Gasteiger partial charge in [-0.15, -0.1) is 0 Å². The first-order valence-electron chi connectivity index (χ1n) is 6.46. The van der Waals surface area contributed by atoms with E-state index in [4.69, 9.17) is 0 Å². The van der Waals surface area contributed by atoms with Gasteiger partial charge in [-0.05, 0) is 47.0 Å². The number of urea groups is 1. The molecule has 2 saturated carbocycles. The minimum absolute atomic E-state index is 0.205. The monoisotopic (exact) mass is 359 g/mol. The van der Waals surface area contributed by atoms with E-state index in [1.165, 1.54) is 11.3 Å². The molecule has 1 aromatic heterocycles. The van der Waals surface area contributed by atoms with Crippen LogP contribution < -0.4 is 10.6 Å². The smallest absolute Gasteiger partial charge is 0.321 e. The summed E-state index contributed by atoms with van der Waals surface area (Å²) in [5.74, 6) is -0.770. The first-order chi connectivity index (χ1) is 9.54. The number of amides is 2. The van der Waals surface area contributed by atoms with E-state index in [2.05, 4.69) is 31.5 Å². The van der Waals surface area contributed by atoms with Gasteiger partial charge in [-0.2, -0.15) is 0 Å². The van der Waals surface area contributed by atoms with Gasteiger partial charge in [0.15, 0.2) is 5.13 Å². The number of rotatable bonds is 3. The van der Waals surface area contributed by atoms with Crippen LogP contribution in [0, 0.1) is 17.8 Å².